The third-order valence-electron chi connectivity index (χ3n) is 5.86. The van der Waals surface area contributed by atoms with E-state index in [1.54, 1.807) is 6.20 Å². The first-order valence-electron chi connectivity index (χ1n) is 8.87. The van der Waals surface area contributed by atoms with E-state index >= 15 is 0 Å². The normalized spacial score (nSPS) is 29.6. The topological polar surface area (TPSA) is 36.4 Å². The minimum atomic E-state index is -0.763. The molecule has 2 aromatic rings. The molecule has 1 aliphatic heterocycles. The number of hydrogen-bond donors (Lipinski definition) is 1. The van der Waals surface area contributed by atoms with E-state index in [0.717, 1.165) is 43.6 Å². The van der Waals surface area contributed by atoms with Crippen molar-refractivity contribution < 1.29 is 5.11 Å². The van der Waals surface area contributed by atoms with E-state index in [1.807, 2.05) is 36.5 Å². The van der Waals surface area contributed by atoms with Crippen molar-refractivity contribution in [2.24, 2.45) is 11.8 Å². The molecule has 1 aliphatic carbocycles. The van der Waals surface area contributed by atoms with Gasteiger partial charge in [-0.25, -0.2) is 0 Å². The van der Waals surface area contributed by atoms with E-state index in [-0.39, 0.29) is 11.8 Å². The summed E-state index contributed by atoms with van der Waals surface area (Å²) in [6.07, 6.45) is 6.86. The smallest absolute Gasteiger partial charge is 0.0991 e. The van der Waals surface area contributed by atoms with Gasteiger partial charge in [-0.1, -0.05) is 47.8 Å². The molecule has 2 fully saturated rings. The van der Waals surface area contributed by atoms with E-state index < -0.39 is 5.60 Å². The maximum Gasteiger partial charge on any atom is 0.0991 e. The Morgan fingerprint density at radius 1 is 1.12 bits per heavy atom. The number of benzene rings is 1. The van der Waals surface area contributed by atoms with Crippen LogP contribution >= 0.6 is 23.2 Å². The molecule has 1 N–H and O–H groups in total. The maximum atomic E-state index is 11.6. The second kappa shape index (κ2) is 6.88. The fourth-order valence-electron chi connectivity index (χ4n) is 4.65. The van der Waals surface area contributed by atoms with Crippen molar-refractivity contribution in [3.05, 3.63) is 63.9 Å². The number of halogens is 2. The number of aliphatic hydroxyl groups is 1. The predicted octanol–water partition coefficient (Wildman–Crippen LogP) is 4.51. The summed E-state index contributed by atoms with van der Waals surface area (Å²) in [5.41, 5.74) is 1.26. The van der Waals surface area contributed by atoms with Gasteiger partial charge < -0.3 is 5.11 Å². The van der Waals surface area contributed by atoms with Gasteiger partial charge in [0.05, 0.1) is 15.6 Å². The van der Waals surface area contributed by atoms with Crippen LogP contribution in [0.3, 0.4) is 0 Å². The average Bonchev–Trinajstić information content (AvgIpc) is 2.60. The SMILES string of the molecule is OC1(c2cccnc2)C2CCCC1CN(Cc1cccc(Cl)c1Cl)C2. The Kier molecular flexibility index (Phi) is 4.76. The highest BCUT2D eigenvalue weighted by Crippen LogP contribution is 2.49. The van der Waals surface area contributed by atoms with Gasteiger partial charge in [-0.2, -0.15) is 0 Å². The predicted molar refractivity (Wildman–Crippen MR) is 101 cm³/mol. The van der Waals surface area contributed by atoms with E-state index in [0.29, 0.717) is 10.0 Å². The molecule has 3 nitrogen and oxygen atoms in total. The van der Waals surface area contributed by atoms with E-state index in [1.165, 1.54) is 6.42 Å². The van der Waals surface area contributed by atoms with Crippen molar-refractivity contribution in [1.82, 2.24) is 9.88 Å². The molecule has 0 spiro atoms. The van der Waals surface area contributed by atoms with Gasteiger partial charge in [0.15, 0.2) is 0 Å². The summed E-state index contributed by atoms with van der Waals surface area (Å²) in [5.74, 6) is 0.448. The largest absolute Gasteiger partial charge is 0.384 e. The zero-order valence-electron chi connectivity index (χ0n) is 14.0. The lowest BCUT2D eigenvalue weighted by Gasteiger charge is -2.53. The first-order valence-corrected chi connectivity index (χ1v) is 9.62. The van der Waals surface area contributed by atoms with Crippen molar-refractivity contribution in [3.63, 3.8) is 0 Å². The van der Waals surface area contributed by atoms with Crippen LogP contribution in [0.2, 0.25) is 10.0 Å². The quantitative estimate of drug-likeness (QED) is 0.855. The van der Waals surface area contributed by atoms with Crippen LogP contribution in [0, 0.1) is 11.8 Å². The van der Waals surface area contributed by atoms with Crippen LogP contribution in [-0.2, 0) is 12.1 Å². The van der Waals surface area contributed by atoms with E-state index in [9.17, 15) is 5.11 Å². The number of likely N-dealkylation sites (tertiary alicyclic amines) is 1. The Labute approximate surface area is 158 Å². The summed E-state index contributed by atoms with van der Waals surface area (Å²) in [5, 5.41) is 12.8. The first-order chi connectivity index (χ1) is 12.1. The standard InChI is InChI=1S/C20H22Cl2N2O/c21-18-8-1-4-14(19(18)22)11-24-12-16-5-2-6-17(13-24)20(16,25)15-7-3-9-23-10-15/h1,3-4,7-10,16-17,25H,2,5-6,11-13H2. The molecule has 1 saturated heterocycles. The van der Waals surface area contributed by atoms with Crippen molar-refractivity contribution in [2.45, 2.75) is 31.4 Å². The fraction of sp³-hybridized carbons (Fsp3) is 0.450. The molecule has 2 atom stereocenters. The number of rotatable bonds is 3. The number of piperidine rings is 1. The van der Waals surface area contributed by atoms with Crippen molar-refractivity contribution in [2.75, 3.05) is 13.1 Å². The van der Waals surface area contributed by atoms with Crippen molar-refractivity contribution in [3.8, 4) is 0 Å². The molecule has 2 unspecified atom stereocenters. The van der Waals surface area contributed by atoms with E-state index in [4.69, 9.17) is 23.2 Å². The molecule has 25 heavy (non-hydrogen) atoms. The molecule has 0 amide bonds. The third kappa shape index (κ3) is 3.08. The maximum absolute atomic E-state index is 11.6. The molecule has 1 saturated carbocycles. The fourth-order valence-corrected chi connectivity index (χ4v) is 5.03. The molecular formula is C20H22Cl2N2O. The Morgan fingerprint density at radius 2 is 1.88 bits per heavy atom. The lowest BCUT2D eigenvalue weighted by molar-refractivity contribution is -0.148. The lowest BCUT2D eigenvalue weighted by atomic mass is 9.63. The minimum absolute atomic E-state index is 0.224. The van der Waals surface area contributed by atoms with Crippen LogP contribution in [-0.4, -0.2) is 28.1 Å². The molecule has 2 aliphatic rings. The average molecular weight is 377 g/mol. The monoisotopic (exact) mass is 376 g/mol. The second-order valence-electron chi connectivity index (χ2n) is 7.30. The highest BCUT2D eigenvalue weighted by Gasteiger charge is 2.51. The third-order valence-corrected chi connectivity index (χ3v) is 6.71. The Balaban J connectivity index is 1.58. The summed E-state index contributed by atoms with van der Waals surface area (Å²) in [7, 11) is 0. The number of pyridine rings is 1. The van der Waals surface area contributed by atoms with Gasteiger partial charge in [-0.15, -0.1) is 0 Å². The second-order valence-corrected chi connectivity index (χ2v) is 8.08. The Morgan fingerprint density at radius 3 is 2.56 bits per heavy atom. The van der Waals surface area contributed by atoms with E-state index in [2.05, 4.69) is 9.88 Å². The van der Waals surface area contributed by atoms with Crippen LogP contribution in [0.15, 0.2) is 42.7 Å². The molecule has 2 bridgehead atoms. The molecule has 5 heteroatoms. The van der Waals surface area contributed by atoms with Crippen molar-refractivity contribution in [1.29, 1.82) is 0 Å². The Bertz CT molecular complexity index is 739. The van der Waals surface area contributed by atoms with Gasteiger partial charge in [0.2, 0.25) is 0 Å². The number of aromatic nitrogens is 1. The lowest BCUT2D eigenvalue weighted by Crippen LogP contribution is -2.57. The molecule has 2 heterocycles. The van der Waals surface area contributed by atoms with Gasteiger partial charge in [0.25, 0.3) is 0 Å². The molecule has 132 valence electrons. The van der Waals surface area contributed by atoms with Crippen LogP contribution in [0.25, 0.3) is 0 Å². The molecule has 0 radical (unpaired) electrons. The summed E-state index contributed by atoms with van der Waals surface area (Å²) < 4.78 is 0. The highest BCUT2D eigenvalue weighted by atomic mass is 35.5. The summed E-state index contributed by atoms with van der Waals surface area (Å²) >= 11 is 12.5. The number of hydrogen-bond acceptors (Lipinski definition) is 3. The molecule has 4 rings (SSSR count). The zero-order valence-corrected chi connectivity index (χ0v) is 15.5. The van der Waals surface area contributed by atoms with Gasteiger partial charge in [-0.3, -0.25) is 9.88 Å². The molecule has 1 aromatic heterocycles. The van der Waals surface area contributed by atoms with Gasteiger partial charge >= 0.3 is 0 Å². The molecular weight excluding hydrogens is 355 g/mol. The Hall–Kier alpha value is -1.13. The minimum Gasteiger partial charge on any atom is -0.384 e. The van der Waals surface area contributed by atoms with Crippen LogP contribution in [0.5, 0.6) is 0 Å². The van der Waals surface area contributed by atoms with Crippen LogP contribution in [0.1, 0.15) is 30.4 Å². The summed E-state index contributed by atoms with van der Waals surface area (Å²) in [4.78, 5) is 6.65. The van der Waals surface area contributed by atoms with Crippen molar-refractivity contribution >= 4 is 23.2 Å². The molecule has 1 aromatic carbocycles. The number of nitrogens with zero attached hydrogens (tertiary/aromatic N) is 2. The van der Waals surface area contributed by atoms with Gasteiger partial charge in [-0.05, 0) is 30.5 Å². The van der Waals surface area contributed by atoms with Gasteiger partial charge in [0.1, 0.15) is 0 Å². The van der Waals surface area contributed by atoms with Gasteiger partial charge in [0, 0.05) is 49.4 Å². The zero-order chi connectivity index (χ0) is 17.4. The summed E-state index contributed by atoms with van der Waals surface area (Å²) in [6.45, 7) is 2.50. The van der Waals surface area contributed by atoms with Crippen LogP contribution < -0.4 is 0 Å². The first kappa shape index (κ1) is 17.3. The summed E-state index contributed by atoms with van der Waals surface area (Å²) in [6, 6.07) is 9.73. The number of fused-ring (bicyclic) bond motifs is 2. The van der Waals surface area contributed by atoms with Crippen LogP contribution in [0.4, 0.5) is 0 Å². The highest BCUT2D eigenvalue weighted by molar-refractivity contribution is 6.42.